The van der Waals surface area contributed by atoms with Crippen LogP contribution in [-0.2, 0) is 6.18 Å². The molecule has 1 aromatic heterocycles. The number of nitrogens with two attached hydrogens (primary N) is 1. The summed E-state index contributed by atoms with van der Waals surface area (Å²) in [6.45, 7) is -0.792. The number of benzene rings is 1. The lowest BCUT2D eigenvalue weighted by molar-refractivity contribution is -0.141. The summed E-state index contributed by atoms with van der Waals surface area (Å²) in [5, 5.41) is 0. The maximum absolute atomic E-state index is 13.4. The van der Waals surface area contributed by atoms with Crippen molar-refractivity contribution in [1.82, 2.24) is 4.98 Å². The van der Waals surface area contributed by atoms with Gasteiger partial charge in [-0.25, -0.2) is 13.8 Å². The van der Waals surface area contributed by atoms with E-state index in [-0.39, 0.29) is 23.6 Å². The van der Waals surface area contributed by atoms with Gasteiger partial charge >= 0.3 is 6.18 Å². The summed E-state index contributed by atoms with van der Waals surface area (Å²) in [6, 6.07) is 9.09. The zero-order valence-corrected chi connectivity index (χ0v) is 12.4. The number of pyridine rings is 1. The van der Waals surface area contributed by atoms with Crippen LogP contribution in [0.4, 0.5) is 33.5 Å². The number of nitrogens with zero attached hydrogens (tertiary/aromatic N) is 2. The monoisotopic (exact) mass is 343 g/mol. The quantitative estimate of drug-likeness (QED) is 0.831. The van der Waals surface area contributed by atoms with Crippen LogP contribution in [0.1, 0.15) is 12.1 Å². The summed E-state index contributed by atoms with van der Waals surface area (Å²) < 4.78 is 66.4. The second kappa shape index (κ2) is 5.61. The van der Waals surface area contributed by atoms with Gasteiger partial charge in [-0.1, -0.05) is 30.3 Å². The number of hydrogen-bond donors (Lipinski definition) is 1. The Morgan fingerprint density at radius 1 is 1.12 bits per heavy atom. The average Bonchev–Trinajstić information content (AvgIpc) is 2.87. The fourth-order valence-electron chi connectivity index (χ4n) is 2.70. The Kier molecular flexibility index (Phi) is 3.85. The Labute approximate surface area is 134 Å². The van der Waals surface area contributed by atoms with Crippen molar-refractivity contribution in [2.45, 2.75) is 18.5 Å². The second-order valence-electron chi connectivity index (χ2n) is 5.68. The zero-order valence-electron chi connectivity index (χ0n) is 12.4. The first kappa shape index (κ1) is 16.5. The van der Waals surface area contributed by atoms with Crippen LogP contribution in [0.15, 0.2) is 36.4 Å². The average molecular weight is 343 g/mol. The minimum Gasteiger partial charge on any atom is -0.395 e. The predicted molar refractivity (Wildman–Crippen MR) is 80.9 cm³/mol. The summed E-state index contributed by atoms with van der Waals surface area (Å²) in [4.78, 5) is 4.63. The van der Waals surface area contributed by atoms with Gasteiger partial charge < -0.3 is 10.6 Å². The van der Waals surface area contributed by atoms with E-state index < -0.39 is 30.8 Å². The summed E-state index contributed by atoms with van der Waals surface area (Å²) in [5.41, 5.74) is 5.39. The molecule has 0 atom stereocenters. The van der Waals surface area contributed by atoms with Crippen LogP contribution in [0.25, 0.3) is 11.1 Å². The van der Waals surface area contributed by atoms with Gasteiger partial charge in [0, 0.05) is 18.5 Å². The van der Waals surface area contributed by atoms with E-state index in [0.717, 1.165) is 11.0 Å². The molecule has 1 aliphatic heterocycles. The topological polar surface area (TPSA) is 42.1 Å². The second-order valence-corrected chi connectivity index (χ2v) is 5.68. The van der Waals surface area contributed by atoms with Crippen LogP contribution in [0.2, 0.25) is 0 Å². The van der Waals surface area contributed by atoms with Crippen molar-refractivity contribution in [3.05, 3.63) is 42.1 Å². The Balaban J connectivity index is 2.15. The number of anilines is 2. The first-order chi connectivity index (χ1) is 11.2. The third-order valence-corrected chi connectivity index (χ3v) is 3.88. The summed E-state index contributed by atoms with van der Waals surface area (Å²) in [5.74, 6) is -3.21. The highest BCUT2D eigenvalue weighted by molar-refractivity contribution is 5.84. The van der Waals surface area contributed by atoms with Crippen molar-refractivity contribution < 1.29 is 22.0 Å². The van der Waals surface area contributed by atoms with E-state index in [2.05, 4.69) is 4.98 Å². The van der Waals surface area contributed by atoms with Crippen LogP contribution < -0.4 is 10.6 Å². The molecule has 0 radical (unpaired) electrons. The fraction of sp³-hybridized carbons (Fsp3) is 0.312. The van der Waals surface area contributed by atoms with Gasteiger partial charge in [-0.2, -0.15) is 13.2 Å². The molecule has 3 nitrogen and oxygen atoms in total. The van der Waals surface area contributed by atoms with E-state index in [1.54, 1.807) is 30.3 Å². The van der Waals surface area contributed by atoms with Crippen LogP contribution >= 0.6 is 0 Å². The van der Waals surface area contributed by atoms with Crippen LogP contribution in [0, 0.1) is 0 Å². The van der Waals surface area contributed by atoms with Crippen molar-refractivity contribution in [3.63, 3.8) is 0 Å². The molecule has 1 fully saturated rings. The Morgan fingerprint density at radius 2 is 1.79 bits per heavy atom. The van der Waals surface area contributed by atoms with E-state index in [4.69, 9.17) is 5.73 Å². The molecule has 2 heterocycles. The highest BCUT2D eigenvalue weighted by Gasteiger charge is 2.41. The smallest absolute Gasteiger partial charge is 0.395 e. The van der Waals surface area contributed by atoms with Gasteiger partial charge in [0.2, 0.25) is 0 Å². The molecule has 2 aromatic rings. The highest BCUT2D eigenvalue weighted by atomic mass is 19.4. The first-order valence-corrected chi connectivity index (χ1v) is 7.23. The summed E-state index contributed by atoms with van der Waals surface area (Å²) >= 11 is 0. The van der Waals surface area contributed by atoms with Gasteiger partial charge in [0.15, 0.2) is 5.82 Å². The third kappa shape index (κ3) is 3.13. The molecule has 0 aliphatic carbocycles. The van der Waals surface area contributed by atoms with Gasteiger partial charge in [-0.05, 0) is 11.6 Å². The van der Waals surface area contributed by atoms with Crippen molar-refractivity contribution in [2.75, 3.05) is 23.7 Å². The third-order valence-electron chi connectivity index (χ3n) is 3.88. The van der Waals surface area contributed by atoms with Gasteiger partial charge in [-0.3, -0.25) is 0 Å². The lowest BCUT2D eigenvalue weighted by Crippen LogP contribution is -2.27. The van der Waals surface area contributed by atoms with Crippen molar-refractivity contribution in [2.24, 2.45) is 0 Å². The van der Waals surface area contributed by atoms with Gasteiger partial charge in [0.25, 0.3) is 5.92 Å². The molecule has 0 saturated carbocycles. The van der Waals surface area contributed by atoms with E-state index in [1.807, 2.05) is 0 Å². The van der Waals surface area contributed by atoms with Crippen LogP contribution in [0.5, 0.6) is 0 Å². The molecule has 0 amide bonds. The molecule has 0 unspecified atom stereocenters. The molecule has 1 aliphatic rings. The lowest BCUT2D eigenvalue weighted by atomic mass is 10.0. The van der Waals surface area contributed by atoms with Crippen molar-refractivity contribution in [1.29, 1.82) is 0 Å². The van der Waals surface area contributed by atoms with Crippen molar-refractivity contribution >= 4 is 11.5 Å². The van der Waals surface area contributed by atoms with Crippen molar-refractivity contribution in [3.8, 4) is 11.1 Å². The molecule has 1 saturated heterocycles. The minimum absolute atomic E-state index is 0.0353. The maximum atomic E-state index is 13.4. The molecule has 0 spiro atoms. The summed E-state index contributed by atoms with van der Waals surface area (Å²) in [6.07, 6.45) is -5.14. The van der Waals surface area contributed by atoms with E-state index >= 15 is 0 Å². The first-order valence-electron chi connectivity index (χ1n) is 7.23. The SMILES string of the molecule is Nc1c(-c2ccccc2)cc(C(F)(F)F)nc1N1CCC(F)(F)C1. The largest absolute Gasteiger partial charge is 0.433 e. The van der Waals surface area contributed by atoms with Gasteiger partial charge in [0.05, 0.1) is 12.2 Å². The number of alkyl halides is 5. The molecule has 2 N–H and O–H groups in total. The molecular weight excluding hydrogens is 329 g/mol. The Morgan fingerprint density at radius 3 is 2.33 bits per heavy atom. The molecular formula is C16H14F5N3. The molecule has 0 bridgehead atoms. The molecule has 24 heavy (non-hydrogen) atoms. The number of nitrogen functional groups attached to an aromatic ring is 1. The lowest BCUT2D eigenvalue weighted by Gasteiger charge is -2.22. The normalized spacial score (nSPS) is 17.3. The molecule has 3 rings (SSSR count). The van der Waals surface area contributed by atoms with Crippen LogP contribution in [0.3, 0.4) is 0 Å². The van der Waals surface area contributed by atoms with E-state index in [1.165, 1.54) is 0 Å². The van der Waals surface area contributed by atoms with Crippen LogP contribution in [-0.4, -0.2) is 24.0 Å². The molecule has 1 aromatic carbocycles. The number of rotatable bonds is 2. The minimum atomic E-state index is -4.70. The van der Waals surface area contributed by atoms with Gasteiger partial charge in [0.1, 0.15) is 5.69 Å². The molecule has 128 valence electrons. The summed E-state index contributed by atoms with van der Waals surface area (Å²) in [7, 11) is 0. The van der Waals surface area contributed by atoms with E-state index in [9.17, 15) is 22.0 Å². The predicted octanol–water partition coefficient (Wildman–Crippen LogP) is 4.20. The fourth-order valence-corrected chi connectivity index (χ4v) is 2.70. The zero-order chi connectivity index (χ0) is 17.5. The van der Waals surface area contributed by atoms with E-state index in [0.29, 0.717) is 5.56 Å². The number of halogens is 5. The Hall–Kier alpha value is -2.38. The highest BCUT2D eigenvalue weighted by Crippen LogP contribution is 2.40. The Bertz CT molecular complexity index is 743. The molecule has 8 heteroatoms. The number of hydrogen-bond acceptors (Lipinski definition) is 3. The maximum Gasteiger partial charge on any atom is 0.433 e. The number of aromatic nitrogens is 1. The standard InChI is InChI=1S/C16H14F5N3/c17-15(18)6-7-24(9-15)14-13(22)11(10-4-2-1-3-5-10)8-12(23-14)16(19,20)21/h1-5,8H,6-7,9,22H2. The van der Waals surface area contributed by atoms with Gasteiger partial charge in [-0.15, -0.1) is 0 Å².